The van der Waals surface area contributed by atoms with E-state index in [-0.39, 0.29) is 24.1 Å². The smallest absolute Gasteiger partial charge is 0.227 e. The summed E-state index contributed by atoms with van der Waals surface area (Å²) in [5.41, 5.74) is 2.25. The van der Waals surface area contributed by atoms with Crippen LogP contribution in [0.25, 0.3) is 0 Å². The molecule has 3 heterocycles. The fourth-order valence-corrected chi connectivity index (χ4v) is 6.05. The first-order valence-corrected chi connectivity index (χ1v) is 11.7. The summed E-state index contributed by atoms with van der Waals surface area (Å²) in [6, 6.07) is 9.60. The average molecular weight is 415 g/mol. The molecule has 0 unspecified atom stereocenters. The van der Waals surface area contributed by atoms with E-state index in [0.29, 0.717) is 30.4 Å². The van der Waals surface area contributed by atoms with Gasteiger partial charge < -0.3 is 10.2 Å². The molecule has 2 aliphatic heterocycles. The Bertz CT molecular complexity index is 1010. The Morgan fingerprint density at radius 2 is 2.00 bits per heavy atom. The van der Waals surface area contributed by atoms with Crippen molar-refractivity contribution in [2.24, 2.45) is 5.92 Å². The zero-order valence-electron chi connectivity index (χ0n) is 16.7. The summed E-state index contributed by atoms with van der Waals surface area (Å²) in [6.45, 7) is 4.82. The van der Waals surface area contributed by atoms with Crippen LogP contribution in [0.2, 0.25) is 0 Å². The van der Waals surface area contributed by atoms with E-state index in [9.17, 15) is 13.2 Å². The molecule has 2 aliphatic rings. The van der Waals surface area contributed by atoms with Crippen molar-refractivity contribution in [2.75, 3.05) is 18.4 Å². The summed E-state index contributed by atoms with van der Waals surface area (Å²) in [7, 11) is -3.34. The summed E-state index contributed by atoms with van der Waals surface area (Å²) < 4.78 is 25.7. The Kier molecular flexibility index (Phi) is 5.29. The number of anilines is 2. The van der Waals surface area contributed by atoms with Gasteiger partial charge >= 0.3 is 0 Å². The van der Waals surface area contributed by atoms with Crippen molar-refractivity contribution in [1.82, 2.24) is 14.9 Å². The molecule has 1 fully saturated rings. The van der Waals surface area contributed by atoms with Crippen LogP contribution < -0.4 is 5.32 Å². The molecule has 0 spiro atoms. The number of benzene rings is 1. The summed E-state index contributed by atoms with van der Waals surface area (Å²) in [5.74, 6) is 0.543. The van der Waals surface area contributed by atoms with Crippen molar-refractivity contribution < 1.29 is 13.2 Å². The van der Waals surface area contributed by atoms with E-state index in [0.717, 1.165) is 17.8 Å². The molecule has 0 radical (unpaired) electrons. The molecule has 154 valence electrons. The molecule has 1 amide bonds. The molecule has 8 heteroatoms. The number of hydrogen-bond donors (Lipinski definition) is 1. The van der Waals surface area contributed by atoms with Gasteiger partial charge in [-0.15, -0.1) is 0 Å². The van der Waals surface area contributed by atoms with Crippen LogP contribution in [0.3, 0.4) is 0 Å². The second kappa shape index (κ2) is 7.74. The maximum Gasteiger partial charge on any atom is 0.227 e. The quantitative estimate of drug-likeness (QED) is 0.809. The molecular weight excluding hydrogens is 388 g/mol. The highest BCUT2D eigenvalue weighted by atomic mass is 32.2. The molecule has 1 aromatic carbocycles. The third kappa shape index (κ3) is 4.12. The molecule has 2 aromatic rings. The summed E-state index contributed by atoms with van der Waals surface area (Å²) in [6.07, 6.45) is 2.86. The monoisotopic (exact) mass is 414 g/mol. The lowest BCUT2D eigenvalue weighted by Gasteiger charge is -2.26. The number of para-hydroxylation sites is 1. The number of hydrogen-bond acceptors (Lipinski definition) is 6. The van der Waals surface area contributed by atoms with E-state index in [1.54, 1.807) is 11.1 Å². The second-order valence-corrected chi connectivity index (χ2v) is 10.5. The molecule has 1 N–H and O–H groups in total. The van der Waals surface area contributed by atoms with Gasteiger partial charge in [-0.25, -0.2) is 18.4 Å². The fraction of sp³-hybridized carbons (Fsp3) is 0.476. The van der Waals surface area contributed by atoms with Gasteiger partial charge in [0.1, 0.15) is 0 Å². The van der Waals surface area contributed by atoms with E-state index in [1.165, 1.54) is 0 Å². The van der Waals surface area contributed by atoms with Gasteiger partial charge in [0.25, 0.3) is 0 Å². The van der Waals surface area contributed by atoms with Crippen molar-refractivity contribution in [3.05, 3.63) is 47.8 Å². The van der Waals surface area contributed by atoms with Gasteiger partial charge in [0, 0.05) is 42.9 Å². The van der Waals surface area contributed by atoms with Crippen LogP contribution in [0, 0.1) is 5.92 Å². The third-order valence-electron chi connectivity index (χ3n) is 5.65. The second-order valence-electron chi connectivity index (χ2n) is 8.28. The van der Waals surface area contributed by atoms with E-state index >= 15 is 0 Å². The van der Waals surface area contributed by atoms with Gasteiger partial charge in [-0.2, -0.15) is 0 Å². The lowest BCUT2D eigenvalue weighted by Crippen LogP contribution is -2.35. The molecule has 0 saturated carbocycles. The zero-order chi connectivity index (χ0) is 20.6. The molecule has 1 aromatic heterocycles. The number of nitrogens with zero attached hydrogens (tertiary/aromatic N) is 3. The minimum atomic E-state index is -3.34. The maximum absolute atomic E-state index is 12.8. The largest absolute Gasteiger partial charge is 0.341 e. The highest BCUT2D eigenvalue weighted by molar-refractivity contribution is 7.91. The van der Waals surface area contributed by atoms with E-state index in [4.69, 9.17) is 0 Å². The summed E-state index contributed by atoms with van der Waals surface area (Å²) >= 11 is 0. The minimum absolute atomic E-state index is 0.0292. The molecular formula is C21H26N4O3S. The van der Waals surface area contributed by atoms with Crippen molar-refractivity contribution in [3.63, 3.8) is 0 Å². The Labute approximate surface area is 171 Å². The van der Waals surface area contributed by atoms with Crippen LogP contribution in [0.4, 0.5) is 11.6 Å². The van der Waals surface area contributed by atoms with Crippen LogP contribution in [0.5, 0.6) is 0 Å². The number of aromatic nitrogens is 2. The third-order valence-corrected chi connectivity index (χ3v) is 7.77. The number of carbonyl (C=O) groups excluding carboxylic acids is 1. The number of fused-ring (bicyclic) bond motifs is 3. The molecule has 29 heavy (non-hydrogen) atoms. The standard InChI is InChI=1S/C21H26N4O3S/c1-14(2)8-9-19(26)25-11-17-18(12-25)29(27,28)13-15-10-22-21(24-20(15)17)23-16-6-4-3-5-7-16/h3-7,10,14,17-18H,8-9,11-13H2,1-2H3,(H,22,23,24)/t17-,18+/m1/s1. The minimum Gasteiger partial charge on any atom is -0.341 e. The van der Waals surface area contributed by atoms with Crippen molar-refractivity contribution >= 4 is 27.4 Å². The Hall–Kier alpha value is -2.48. The number of nitrogens with one attached hydrogen (secondary N) is 1. The lowest BCUT2D eigenvalue weighted by atomic mass is 10.00. The average Bonchev–Trinajstić information content (AvgIpc) is 3.14. The summed E-state index contributed by atoms with van der Waals surface area (Å²) in [5, 5.41) is 2.58. The van der Waals surface area contributed by atoms with Gasteiger partial charge in [0.2, 0.25) is 11.9 Å². The van der Waals surface area contributed by atoms with Gasteiger partial charge in [-0.1, -0.05) is 32.0 Å². The van der Waals surface area contributed by atoms with Gasteiger partial charge in [-0.3, -0.25) is 4.79 Å². The van der Waals surface area contributed by atoms with Crippen LogP contribution in [0.15, 0.2) is 36.5 Å². The van der Waals surface area contributed by atoms with E-state index in [1.807, 2.05) is 30.3 Å². The van der Waals surface area contributed by atoms with Crippen LogP contribution in [0.1, 0.15) is 43.9 Å². The Morgan fingerprint density at radius 1 is 1.24 bits per heavy atom. The number of sulfone groups is 1. The molecule has 1 saturated heterocycles. The highest BCUT2D eigenvalue weighted by Crippen LogP contribution is 2.39. The van der Waals surface area contributed by atoms with E-state index < -0.39 is 15.1 Å². The number of rotatable bonds is 5. The molecule has 2 atom stereocenters. The Morgan fingerprint density at radius 3 is 2.72 bits per heavy atom. The van der Waals surface area contributed by atoms with Crippen LogP contribution in [-0.4, -0.2) is 47.5 Å². The molecule has 0 aliphatic carbocycles. The van der Waals surface area contributed by atoms with Gasteiger partial charge in [-0.05, 0) is 24.5 Å². The number of carbonyl (C=O) groups is 1. The first-order valence-electron chi connectivity index (χ1n) is 10.0. The maximum atomic E-state index is 12.8. The molecule has 4 rings (SSSR count). The van der Waals surface area contributed by atoms with Crippen molar-refractivity contribution in [3.8, 4) is 0 Å². The first kappa shape index (κ1) is 19.8. The molecule has 0 bridgehead atoms. The first-order chi connectivity index (χ1) is 13.8. The zero-order valence-corrected chi connectivity index (χ0v) is 17.5. The summed E-state index contributed by atoms with van der Waals surface area (Å²) in [4.78, 5) is 23.3. The topological polar surface area (TPSA) is 92.3 Å². The van der Waals surface area contributed by atoms with Crippen molar-refractivity contribution in [2.45, 2.75) is 43.6 Å². The highest BCUT2D eigenvalue weighted by Gasteiger charge is 2.48. The van der Waals surface area contributed by atoms with Crippen LogP contribution in [-0.2, 0) is 20.4 Å². The van der Waals surface area contributed by atoms with Crippen LogP contribution >= 0.6 is 0 Å². The van der Waals surface area contributed by atoms with Gasteiger partial charge in [0.05, 0.1) is 16.7 Å². The van der Waals surface area contributed by atoms with Crippen molar-refractivity contribution in [1.29, 1.82) is 0 Å². The predicted octanol–water partition coefficient (Wildman–Crippen LogP) is 2.88. The van der Waals surface area contributed by atoms with Gasteiger partial charge in [0.15, 0.2) is 9.84 Å². The fourth-order valence-electron chi connectivity index (χ4n) is 4.06. The SMILES string of the molecule is CC(C)CCC(=O)N1C[C@H]2c3nc(Nc4ccccc4)ncc3CS(=O)(=O)[C@H]2C1. The number of amides is 1. The van der Waals surface area contributed by atoms with E-state index in [2.05, 4.69) is 29.1 Å². The Balaban J connectivity index is 1.59. The number of likely N-dealkylation sites (tertiary alicyclic amines) is 1. The lowest BCUT2D eigenvalue weighted by molar-refractivity contribution is -0.130. The molecule has 7 nitrogen and oxygen atoms in total. The predicted molar refractivity (Wildman–Crippen MR) is 112 cm³/mol. The normalized spacial score (nSPS) is 22.2.